The number of aromatic nitrogens is 3. The topological polar surface area (TPSA) is 75.5 Å². The van der Waals surface area contributed by atoms with Gasteiger partial charge in [0, 0.05) is 17.1 Å². The molecule has 0 unspecified atom stereocenters. The van der Waals surface area contributed by atoms with E-state index in [0.717, 1.165) is 17.0 Å². The van der Waals surface area contributed by atoms with Crippen molar-refractivity contribution in [1.82, 2.24) is 14.8 Å². The standard InChI is InChI=1S/C21H19Cl2N3O4S/c1-2-26-20(14-3-5-15(22)6-4-14)24-25-21(26)31-12-18(27)30-11-13-9-16(23)19-17(10-13)28-7-8-29-19/h3-6,9-10H,2,7-8,11-12H2,1H3. The van der Waals surface area contributed by atoms with Crippen molar-refractivity contribution in [2.24, 2.45) is 0 Å². The van der Waals surface area contributed by atoms with E-state index in [0.29, 0.717) is 46.5 Å². The van der Waals surface area contributed by atoms with Gasteiger partial charge in [-0.15, -0.1) is 10.2 Å². The Morgan fingerprint density at radius 3 is 2.71 bits per heavy atom. The zero-order chi connectivity index (χ0) is 21.8. The highest BCUT2D eigenvalue weighted by molar-refractivity contribution is 7.99. The number of carbonyl (C=O) groups excluding carboxylic acids is 1. The van der Waals surface area contributed by atoms with E-state index in [9.17, 15) is 4.79 Å². The molecular weight excluding hydrogens is 461 g/mol. The molecule has 0 atom stereocenters. The summed E-state index contributed by atoms with van der Waals surface area (Å²) in [5.74, 6) is 1.55. The lowest BCUT2D eigenvalue weighted by Gasteiger charge is -2.20. The number of benzene rings is 2. The third-order valence-corrected chi connectivity index (χ3v) is 5.98. The van der Waals surface area contributed by atoms with E-state index >= 15 is 0 Å². The van der Waals surface area contributed by atoms with Gasteiger partial charge in [0.05, 0.1) is 10.8 Å². The highest BCUT2D eigenvalue weighted by Gasteiger charge is 2.18. The van der Waals surface area contributed by atoms with Crippen molar-refractivity contribution in [3.05, 3.63) is 52.0 Å². The molecule has 0 amide bonds. The summed E-state index contributed by atoms with van der Waals surface area (Å²) in [7, 11) is 0. The molecule has 0 N–H and O–H groups in total. The molecule has 3 aromatic rings. The zero-order valence-corrected chi connectivity index (χ0v) is 19.0. The van der Waals surface area contributed by atoms with Crippen molar-refractivity contribution in [2.75, 3.05) is 19.0 Å². The molecule has 162 valence electrons. The Labute approximate surface area is 193 Å². The summed E-state index contributed by atoms with van der Waals surface area (Å²) >= 11 is 13.5. The third-order valence-electron chi connectivity index (χ3n) is 4.51. The summed E-state index contributed by atoms with van der Waals surface area (Å²) in [5, 5.41) is 10.2. The van der Waals surface area contributed by atoms with Gasteiger partial charge in [0.15, 0.2) is 22.5 Å². The van der Waals surface area contributed by atoms with Crippen molar-refractivity contribution < 1.29 is 19.0 Å². The van der Waals surface area contributed by atoms with Crippen LogP contribution in [0.1, 0.15) is 12.5 Å². The van der Waals surface area contributed by atoms with Gasteiger partial charge in [-0.05, 0) is 48.9 Å². The fraction of sp³-hybridized carbons (Fsp3) is 0.286. The van der Waals surface area contributed by atoms with Crippen LogP contribution in [0.25, 0.3) is 11.4 Å². The van der Waals surface area contributed by atoms with Gasteiger partial charge < -0.3 is 18.8 Å². The van der Waals surface area contributed by atoms with Gasteiger partial charge in [-0.25, -0.2) is 0 Å². The van der Waals surface area contributed by atoms with Crippen LogP contribution >= 0.6 is 35.0 Å². The number of thioether (sulfide) groups is 1. The number of hydrogen-bond donors (Lipinski definition) is 0. The van der Waals surface area contributed by atoms with Crippen LogP contribution in [0, 0.1) is 0 Å². The minimum atomic E-state index is -0.366. The van der Waals surface area contributed by atoms with Crippen LogP contribution in [0.2, 0.25) is 10.0 Å². The summed E-state index contributed by atoms with van der Waals surface area (Å²) in [4.78, 5) is 12.3. The van der Waals surface area contributed by atoms with Gasteiger partial charge >= 0.3 is 5.97 Å². The van der Waals surface area contributed by atoms with Crippen LogP contribution in [0.3, 0.4) is 0 Å². The Morgan fingerprint density at radius 1 is 1.16 bits per heavy atom. The van der Waals surface area contributed by atoms with E-state index in [1.807, 2.05) is 23.6 Å². The van der Waals surface area contributed by atoms with Crippen molar-refractivity contribution in [2.45, 2.75) is 25.2 Å². The number of fused-ring (bicyclic) bond motifs is 1. The molecule has 0 saturated carbocycles. The summed E-state index contributed by atoms with van der Waals surface area (Å²) in [6.07, 6.45) is 0. The summed E-state index contributed by atoms with van der Waals surface area (Å²) in [5.41, 5.74) is 1.64. The zero-order valence-electron chi connectivity index (χ0n) is 16.6. The van der Waals surface area contributed by atoms with Gasteiger partial charge in [-0.1, -0.05) is 35.0 Å². The predicted octanol–water partition coefficient (Wildman–Crippen LogP) is 4.88. The number of esters is 1. The molecule has 2 aromatic carbocycles. The molecule has 0 radical (unpaired) electrons. The fourth-order valence-corrected chi connectivity index (χ4v) is 4.28. The Morgan fingerprint density at radius 2 is 1.94 bits per heavy atom. The average molecular weight is 480 g/mol. The Bertz CT molecular complexity index is 1090. The molecular formula is C21H19Cl2N3O4S. The number of rotatable bonds is 7. The normalized spacial score (nSPS) is 12.6. The first-order valence-electron chi connectivity index (χ1n) is 9.60. The van der Waals surface area contributed by atoms with Gasteiger partial charge in [-0.3, -0.25) is 4.79 Å². The van der Waals surface area contributed by atoms with Crippen molar-refractivity contribution >= 4 is 40.9 Å². The first-order valence-corrected chi connectivity index (χ1v) is 11.3. The first-order chi connectivity index (χ1) is 15.0. The maximum atomic E-state index is 12.3. The van der Waals surface area contributed by atoms with Gasteiger partial charge in [-0.2, -0.15) is 0 Å². The minimum absolute atomic E-state index is 0.0895. The minimum Gasteiger partial charge on any atom is -0.486 e. The molecule has 7 nitrogen and oxygen atoms in total. The van der Waals surface area contributed by atoms with E-state index in [1.165, 1.54) is 11.8 Å². The third kappa shape index (κ3) is 5.08. The summed E-state index contributed by atoms with van der Waals surface area (Å²) in [6, 6.07) is 10.9. The second kappa shape index (κ2) is 9.80. The fourth-order valence-electron chi connectivity index (χ4n) is 3.07. The number of nitrogens with zero attached hydrogens (tertiary/aromatic N) is 3. The smallest absolute Gasteiger partial charge is 0.316 e. The SMILES string of the molecule is CCn1c(SCC(=O)OCc2cc(Cl)c3c(c2)OCCO3)nnc1-c1ccc(Cl)cc1. The van der Waals surface area contributed by atoms with Crippen LogP contribution in [0.4, 0.5) is 0 Å². The molecule has 0 saturated heterocycles. The Kier molecular flexibility index (Phi) is 6.89. The second-order valence-corrected chi connectivity index (χ2v) is 8.39. The summed E-state index contributed by atoms with van der Waals surface area (Å²) < 4.78 is 18.4. The van der Waals surface area contributed by atoms with E-state index in [1.54, 1.807) is 24.3 Å². The Balaban J connectivity index is 1.36. The van der Waals surface area contributed by atoms with Crippen LogP contribution in [-0.4, -0.2) is 39.7 Å². The van der Waals surface area contributed by atoms with Gasteiger partial charge in [0.25, 0.3) is 0 Å². The lowest BCUT2D eigenvalue weighted by molar-refractivity contribution is -0.141. The average Bonchev–Trinajstić information content (AvgIpc) is 3.19. The van der Waals surface area contributed by atoms with E-state index in [4.69, 9.17) is 37.4 Å². The Hall–Kier alpha value is -2.42. The van der Waals surface area contributed by atoms with Crippen LogP contribution in [-0.2, 0) is 22.7 Å². The second-order valence-electron chi connectivity index (χ2n) is 6.61. The van der Waals surface area contributed by atoms with Crippen LogP contribution in [0.15, 0.2) is 41.6 Å². The molecule has 0 spiro atoms. The molecule has 1 aromatic heterocycles. The predicted molar refractivity (Wildman–Crippen MR) is 119 cm³/mol. The molecule has 0 aliphatic carbocycles. The maximum absolute atomic E-state index is 12.3. The first kappa shape index (κ1) is 21.8. The largest absolute Gasteiger partial charge is 0.486 e. The lowest BCUT2D eigenvalue weighted by atomic mass is 10.2. The molecule has 10 heteroatoms. The molecule has 0 fully saturated rings. The van der Waals surface area contributed by atoms with Crippen LogP contribution in [0.5, 0.6) is 11.5 Å². The monoisotopic (exact) mass is 479 g/mol. The molecule has 0 bridgehead atoms. The van der Waals surface area contributed by atoms with E-state index < -0.39 is 0 Å². The van der Waals surface area contributed by atoms with Crippen molar-refractivity contribution in [1.29, 1.82) is 0 Å². The number of halogens is 2. The molecule has 31 heavy (non-hydrogen) atoms. The van der Waals surface area contributed by atoms with Crippen LogP contribution < -0.4 is 9.47 Å². The highest BCUT2D eigenvalue weighted by Crippen LogP contribution is 2.38. The molecule has 1 aliphatic heterocycles. The lowest BCUT2D eigenvalue weighted by Crippen LogP contribution is -2.16. The van der Waals surface area contributed by atoms with E-state index in [2.05, 4.69) is 10.2 Å². The van der Waals surface area contributed by atoms with Crippen molar-refractivity contribution in [3.8, 4) is 22.9 Å². The molecule has 4 rings (SSSR count). The number of ether oxygens (including phenoxy) is 3. The van der Waals surface area contributed by atoms with Crippen molar-refractivity contribution in [3.63, 3.8) is 0 Å². The van der Waals surface area contributed by atoms with E-state index in [-0.39, 0.29) is 18.3 Å². The molecule has 1 aliphatic rings. The number of hydrogen-bond acceptors (Lipinski definition) is 7. The highest BCUT2D eigenvalue weighted by atomic mass is 35.5. The quantitative estimate of drug-likeness (QED) is 0.353. The number of carbonyl (C=O) groups is 1. The van der Waals surface area contributed by atoms with Gasteiger partial charge in [0.1, 0.15) is 19.8 Å². The molecule has 2 heterocycles. The van der Waals surface area contributed by atoms with Gasteiger partial charge in [0.2, 0.25) is 0 Å². The summed E-state index contributed by atoms with van der Waals surface area (Å²) in [6.45, 7) is 3.67. The maximum Gasteiger partial charge on any atom is 0.316 e.